The van der Waals surface area contributed by atoms with Crippen LogP contribution in [0, 0.1) is 0 Å². The Hall–Kier alpha value is -13.4. The SMILES string of the molecule is COc1cncc(-c2cccc3cc([C@H](C)Cc4nccc5cccnc45)n(-c4ccccc4)c(=O)c23)c1.C[C@H](Nc1ccnc2cccnc12)c1cc2cccc(-c3cnn(C)c3)c2c(=O)n1-c1ccccc1.C[C@H](Nc1ncnc2cccnc12)c1cc2cccc(Cl)c2c(=O)n1-c1ccccc1. The third-order valence-electron chi connectivity index (χ3n) is 18.6. The average Bonchev–Trinajstić information content (AvgIpc) is 1.48. The highest BCUT2D eigenvalue weighted by Crippen LogP contribution is 2.36. The van der Waals surface area contributed by atoms with Crippen molar-refractivity contribution in [2.24, 2.45) is 7.05 Å². The first-order chi connectivity index (χ1) is 51.4. The lowest BCUT2D eigenvalue weighted by atomic mass is 9.94. The van der Waals surface area contributed by atoms with Gasteiger partial charge < -0.3 is 15.4 Å². The molecular weight excluding hydrogens is 1330 g/mol. The van der Waals surface area contributed by atoms with Crippen LogP contribution in [0.1, 0.15) is 61.5 Å². The molecule has 0 radical (unpaired) electrons. The number of nitrogens with zero attached hydrogens (tertiary/aromatic N) is 13. The van der Waals surface area contributed by atoms with Gasteiger partial charge in [0.25, 0.3) is 16.7 Å². The van der Waals surface area contributed by atoms with E-state index in [9.17, 15) is 14.4 Å². The highest BCUT2D eigenvalue weighted by molar-refractivity contribution is 6.35. The van der Waals surface area contributed by atoms with E-state index in [1.54, 1.807) is 70.4 Å². The predicted octanol–water partition coefficient (Wildman–Crippen LogP) is 17.0. The van der Waals surface area contributed by atoms with Crippen molar-refractivity contribution >= 4 is 88.4 Å². The molecule has 11 heterocycles. The van der Waals surface area contributed by atoms with Crippen molar-refractivity contribution in [2.75, 3.05) is 17.7 Å². The summed E-state index contributed by atoms with van der Waals surface area (Å²) < 4.78 is 12.5. The molecule has 0 fully saturated rings. The molecule has 0 aliphatic rings. The van der Waals surface area contributed by atoms with E-state index in [0.29, 0.717) is 44.7 Å². The summed E-state index contributed by atoms with van der Waals surface area (Å²) in [6.07, 6.45) is 18.1. The number of pyridine rings is 9. The number of hydrogen-bond donors (Lipinski definition) is 2. The van der Waals surface area contributed by atoms with Crippen molar-refractivity contribution in [3.63, 3.8) is 0 Å². The minimum absolute atomic E-state index is 0.00504. The number of rotatable bonds is 15. The molecule has 6 aromatic carbocycles. The summed E-state index contributed by atoms with van der Waals surface area (Å²) in [5, 5.41) is 17.2. The van der Waals surface area contributed by atoms with Crippen LogP contribution in [-0.4, -0.2) is 70.5 Å². The Morgan fingerprint density at radius 1 is 0.448 bits per heavy atom. The Morgan fingerprint density at radius 3 is 1.59 bits per heavy atom. The zero-order chi connectivity index (χ0) is 72.1. The molecule has 2 N–H and O–H groups in total. The lowest BCUT2D eigenvalue weighted by Crippen LogP contribution is -2.26. The van der Waals surface area contributed by atoms with Gasteiger partial charge in [0.05, 0.1) is 80.7 Å². The molecule has 3 atom stereocenters. The molecule has 514 valence electrons. The largest absolute Gasteiger partial charge is 0.495 e. The third-order valence-corrected chi connectivity index (χ3v) is 18.9. The molecule has 105 heavy (non-hydrogen) atoms. The molecule has 0 saturated heterocycles. The Morgan fingerprint density at radius 2 is 0.971 bits per heavy atom. The van der Waals surface area contributed by atoms with Crippen LogP contribution in [0.5, 0.6) is 5.75 Å². The predicted molar refractivity (Wildman–Crippen MR) is 418 cm³/mol. The van der Waals surface area contributed by atoms with E-state index in [1.807, 2.05) is 231 Å². The van der Waals surface area contributed by atoms with Gasteiger partial charge in [-0.2, -0.15) is 5.10 Å². The quantitative estimate of drug-likeness (QED) is 0.0975. The van der Waals surface area contributed by atoms with Crippen LogP contribution in [0.3, 0.4) is 0 Å². The van der Waals surface area contributed by atoms with Gasteiger partial charge in [-0.05, 0) is 157 Å². The standard InChI is InChI=1S/C32H26N4O2.C29H24N6O.C24H18ClN5O/c1-21(16-28-31-22(13-15-34-28)9-7-14-35-31)29-18-23-8-6-12-27(24-17-26(38-2)20-33-19-24)30(23)32(37)36(29)25-10-4-3-5-11-25;1-19(33-25-13-15-30-24-12-7-14-31-28(24)25)26-16-20-8-6-11-23(21-17-32-34(2)18-21)27(20)29(36)35(26)22-9-4-3-5-10-22;1-15(29-23-22-19(27-14-28-23)11-6-12-26-22)20-13-16-7-5-10-18(25)21(16)24(31)30(20)17-8-3-2-4-9-17/h3-15,17-21H,16H2,1-2H3;3-19H,1-2H3,(H,30,33);2-15H,1H3,(H,27,28,29)/t21-;19-;15-/m100/s1. The maximum atomic E-state index is 14.4. The molecule has 0 bridgehead atoms. The third kappa shape index (κ3) is 13.6. The fourth-order valence-corrected chi connectivity index (χ4v) is 13.9. The number of aryl methyl sites for hydroxylation is 1. The highest BCUT2D eigenvalue weighted by Gasteiger charge is 2.24. The van der Waals surface area contributed by atoms with Crippen molar-refractivity contribution in [3.05, 3.63) is 339 Å². The number of ether oxygens (including phenoxy) is 1. The number of fused-ring (bicyclic) bond motifs is 6. The fraction of sp³-hybridized carbons (Fsp3) is 0.106. The topological polar surface area (TPSA) is 220 Å². The first kappa shape index (κ1) is 67.4. The molecule has 20 heteroatoms. The summed E-state index contributed by atoms with van der Waals surface area (Å²) >= 11 is 6.39. The first-order valence-corrected chi connectivity index (χ1v) is 34.6. The lowest BCUT2D eigenvalue weighted by Gasteiger charge is -2.22. The van der Waals surface area contributed by atoms with Crippen LogP contribution in [0.15, 0.2) is 295 Å². The molecule has 0 aliphatic heterocycles. The molecule has 17 aromatic rings. The molecule has 0 aliphatic carbocycles. The first-order valence-electron chi connectivity index (χ1n) is 34.2. The molecule has 0 amide bonds. The average molecular weight is 1400 g/mol. The summed E-state index contributed by atoms with van der Waals surface area (Å²) in [6, 6.07) is 69.5. The summed E-state index contributed by atoms with van der Waals surface area (Å²) in [6.45, 7) is 6.18. The Bertz CT molecular complexity index is 6260. The van der Waals surface area contributed by atoms with Crippen molar-refractivity contribution in [1.82, 2.24) is 63.4 Å². The molecule has 0 saturated carbocycles. The molecule has 17 rings (SSSR count). The summed E-state index contributed by atoms with van der Waals surface area (Å²) in [7, 11) is 3.49. The lowest BCUT2D eigenvalue weighted by molar-refractivity contribution is 0.413. The van der Waals surface area contributed by atoms with Crippen molar-refractivity contribution < 1.29 is 4.74 Å². The van der Waals surface area contributed by atoms with Crippen LogP contribution in [0.2, 0.25) is 5.02 Å². The normalized spacial score (nSPS) is 12.1. The summed E-state index contributed by atoms with van der Waals surface area (Å²) in [5.74, 6) is 1.25. The van der Waals surface area contributed by atoms with Crippen molar-refractivity contribution in [3.8, 4) is 45.1 Å². The van der Waals surface area contributed by atoms with Gasteiger partial charge in [-0.25, -0.2) is 9.97 Å². The van der Waals surface area contributed by atoms with Gasteiger partial charge >= 0.3 is 0 Å². The maximum absolute atomic E-state index is 14.4. The number of halogens is 1. The summed E-state index contributed by atoms with van der Waals surface area (Å²) in [5.41, 5.74) is 13.8. The Kier molecular flexibility index (Phi) is 19.1. The number of para-hydroxylation sites is 3. The number of methoxy groups -OCH3 is 1. The zero-order valence-corrected chi connectivity index (χ0v) is 58.6. The Balaban J connectivity index is 0.000000127. The van der Waals surface area contributed by atoms with Crippen LogP contribution in [-0.2, 0) is 13.5 Å². The van der Waals surface area contributed by atoms with Gasteiger partial charge in [0, 0.05) is 107 Å². The number of benzene rings is 6. The molecular formula is C85H68ClN15O4. The van der Waals surface area contributed by atoms with Crippen molar-refractivity contribution in [1.29, 1.82) is 0 Å². The van der Waals surface area contributed by atoms with Crippen LogP contribution in [0.25, 0.3) is 105 Å². The van der Waals surface area contributed by atoms with Crippen LogP contribution >= 0.6 is 11.6 Å². The molecule has 0 spiro atoms. The second-order valence-electron chi connectivity index (χ2n) is 25.4. The van der Waals surface area contributed by atoms with Crippen LogP contribution < -0.4 is 32.0 Å². The van der Waals surface area contributed by atoms with Gasteiger partial charge in [-0.3, -0.25) is 62.7 Å². The van der Waals surface area contributed by atoms with E-state index >= 15 is 0 Å². The van der Waals surface area contributed by atoms with Gasteiger partial charge in [0.2, 0.25) is 0 Å². The van der Waals surface area contributed by atoms with E-state index in [1.165, 1.54) is 6.33 Å². The van der Waals surface area contributed by atoms with E-state index in [0.717, 1.165) is 111 Å². The minimum Gasteiger partial charge on any atom is -0.495 e. The molecule has 19 nitrogen and oxygen atoms in total. The van der Waals surface area contributed by atoms with Crippen molar-refractivity contribution in [2.45, 2.75) is 45.2 Å². The minimum atomic E-state index is -0.253. The number of anilines is 2. The van der Waals surface area contributed by atoms with Gasteiger partial charge in [0.1, 0.15) is 23.1 Å². The monoisotopic (exact) mass is 1400 g/mol. The smallest absolute Gasteiger partial charge is 0.264 e. The maximum Gasteiger partial charge on any atom is 0.264 e. The fourth-order valence-electron chi connectivity index (χ4n) is 13.6. The van der Waals surface area contributed by atoms with E-state index in [2.05, 4.69) is 81.6 Å². The second-order valence-corrected chi connectivity index (χ2v) is 25.8. The Labute approximate surface area is 607 Å². The van der Waals surface area contributed by atoms with E-state index in [4.69, 9.17) is 16.3 Å². The second kappa shape index (κ2) is 29.7. The summed E-state index contributed by atoms with van der Waals surface area (Å²) in [4.78, 5) is 77.7. The van der Waals surface area contributed by atoms with Crippen LogP contribution in [0.4, 0.5) is 11.5 Å². The number of aromatic nitrogens is 13. The van der Waals surface area contributed by atoms with E-state index in [-0.39, 0.29) is 34.7 Å². The molecule has 0 unspecified atom stereocenters. The number of nitrogens with one attached hydrogen (secondary N) is 2. The van der Waals surface area contributed by atoms with Gasteiger partial charge in [-0.1, -0.05) is 128 Å². The van der Waals surface area contributed by atoms with Gasteiger partial charge in [0.15, 0.2) is 5.82 Å². The van der Waals surface area contributed by atoms with E-state index < -0.39 is 0 Å². The zero-order valence-electron chi connectivity index (χ0n) is 57.8. The number of hydrogen-bond acceptors (Lipinski definition) is 15. The molecule has 11 aromatic heterocycles. The van der Waals surface area contributed by atoms with Gasteiger partial charge in [-0.15, -0.1) is 0 Å². The highest BCUT2D eigenvalue weighted by atomic mass is 35.5.